The number of nitrogens with one attached hydrogen (secondary N) is 1. The Kier molecular flexibility index (Phi) is 4.37. The summed E-state index contributed by atoms with van der Waals surface area (Å²) in [6.07, 6.45) is 2.10. The molecule has 6 nitrogen and oxygen atoms in total. The van der Waals surface area contributed by atoms with Crippen molar-refractivity contribution in [3.63, 3.8) is 0 Å². The number of aliphatic hydroxyl groups excluding tert-OH is 1. The molecule has 0 aliphatic carbocycles. The summed E-state index contributed by atoms with van der Waals surface area (Å²) in [5.41, 5.74) is 0.380. The Bertz CT molecular complexity index is 631. The normalized spacial score (nSPS) is 12.1. The molecule has 106 valence electrons. The maximum Gasteiger partial charge on any atom is 0.253 e. The molecule has 0 spiro atoms. The maximum absolute atomic E-state index is 11.7. The van der Waals surface area contributed by atoms with E-state index in [1.165, 1.54) is 10.8 Å². The van der Waals surface area contributed by atoms with Gasteiger partial charge in [-0.15, -0.1) is 0 Å². The molecule has 0 bridgehead atoms. The zero-order chi connectivity index (χ0) is 14.5. The highest BCUT2D eigenvalue weighted by Gasteiger charge is 2.12. The molecule has 2 N–H and O–H groups in total. The van der Waals surface area contributed by atoms with E-state index in [4.69, 9.17) is 4.42 Å². The number of aliphatic hydroxyl groups is 1. The molecule has 1 amide bonds. The molecule has 1 atom stereocenters. The Morgan fingerprint density at radius 1 is 1.45 bits per heavy atom. The van der Waals surface area contributed by atoms with Crippen molar-refractivity contribution in [1.29, 1.82) is 0 Å². The summed E-state index contributed by atoms with van der Waals surface area (Å²) in [6, 6.07) is 6.69. The van der Waals surface area contributed by atoms with Gasteiger partial charge in [0.2, 0.25) is 5.91 Å². The van der Waals surface area contributed by atoms with Gasteiger partial charge in [-0.05, 0) is 25.1 Å². The van der Waals surface area contributed by atoms with Gasteiger partial charge in [0, 0.05) is 11.8 Å². The average molecular weight is 276 g/mol. The number of amides is 1. The van der Waals surface area contributed by atoms with Gasteiger partial charge < -0.3 is 19.4 Å². The molecular formula is C14H16N2O4. The number of nitrogens with zero attached hydrogens (tertiary/aromatic N) is 1. The summed E-state index contributed by atoms with van der Waals surface area (Å²) < 4.78 is 6.35. The predicted octanol–water partition coefficient (Wildman–Crippen LogP) is 0.600. The van der Waals surface area contributed by atoms with Crippen LogP contribution in [0.2, 0.25) is 0 Å². The van der Waals surface area contributed by atoms with E-state index < -0.39 is 6.10 Å². The summed E-state index contributed by atoms with van der Waals surface area (Å²) in [5, 5.41) is 12.3. The second-order valence-corrected chi connectivity index (χ2v) is 4.46. The Morgan fingerprint density at radius 3 is 2.95 bits per heavy atom. The third-order valence-electron chi connectivity index (χ3n) is 2.89. The lowest BCUT2D eigenvalue weighted by molar-refractivity contribution is -0.122. The SMILES string of the molecule is Cc1cccn(CC(=O)NCC(O)c2ccco2)c1=O. The first-order valence-corrected chi connectivity index (χ1v) is 6.22. The van der Waals surface area contributed by atoms with Gasteiger partial charge in [-0.2, -0.15) is 0 Å². The summed E-state index contributed by atoms with van der Waals surface area (Å²) in [5.74, 6) is 0.0429. The minimum absolute atomic E-state index is 0.0346. The molecular weight excluding hydrogens is 260 g/mol. The summed E-state index contributed by atoms with van der Waals surface area (Å²) >= 11 is 0. The second kappa shape index (κ2) is 6.21. The van der Waals surface area contributed by atoms with Crippen LogP contribution in [0.25, 0.3) is 0 Å². The summed E-state index contributed by atoms with van der Waals surface area (Å²) in [7, 11) is 0. The molecule has 0 aliphatic heterocycles. The van der Waals surface area contributed by atoms with Crippen LogP contribution in [0.5, 0.6) is 0 Å². The molecule has 0 aliphatic rings. The molecule has 0 radical (unpaired) electrons. The largest absolute Gasteiger partial charge is 0.467 e. The van der Waals surface area contributed by atoms with Crippen LogP contribution in [0.4, 0.5) is 0 Å². The van der Waals surface area contributed by atoms with E-state index >= 15 is 0 Å². The molecule has 0 fully saturated rings. The number of aryl methyl sites for hydroxylation is 1. The van der Waals surface area contributed by atoms with E-state index in [2.05, 4.69) is 5.32 Å². The van der Waals surface area contributed by atoms with Gasteiger partial charge in [0.1, 0.15) is 18.4 Å². The highest BCUT2D eigenvalue weighted by Crippen LogP contribution is 2.11. The smallest absolute Gasteiger partial charge is 0.253 e. The fourth-order valence-electron chi connectivity index (χ4n) is 1.78. The number of carbonyl (C=O) groups excluding carboxylic acids is 1. The van der Waals surface area contributed by atoms with E-state index in [-0.39, 0.29) is 24.6 Å². The van der Waals surface area contributed by atoms with Crippen LogP contribution in [0, 0.1) is 6.92 Å². The first-order chi connectivity index (χ1) is 9.58. The Labute approximate surface area is 115 Å². The molecule has 2 aromatic heterocycles. The van der Waals surface area contributed by atoms with Gasteiger partial charge >= 0.3 is 0 Å². The van der Waals surface area contributed by atoms with Gasteiger partial charge in [-0.3, -0.25) is 9.59 Å². The van der Waals surface area contributed by atoms with Crippen molar-refractivity contribution in [2.24, 2.45) is 0 Å². The number of carbonyl (C=O) groups is 1. The van der Waals surface area contributed by atoms with Crippen LogP contribution < -0.4 is 10.9 Å². The van der Waals surface area contributed by atoms with Crippen LogP contribution in [0.1, 0.15) is 17.4 Å². The van der Waals surface area contributed by atoms with E-state index in [1.807, 2.05) is 0 Å². The van der Waals surface area contributed by atoms with Crippen LogP contribution >= 0.6 is 0 Å². The van der Waals surface area contributed by atoms with E-state index in [0.29, 0.717) is 11.3 Å². The van der Waals surface area contributed by atoms with Gasteiger partial charge in [0.25, 0.3) is 5.56 Å². The third-order valence-corrected chi connectivity index (χ3v) is 2.89. The van der Waals surface area contributed by atoms with Gasteiger partial charge in [-0.1, -0.05) is 6.07 Å². The van der Waals surface area contributed by atoms with Crippen molar-refractivity contribution >= 4 is 5.91 Å². The quantitative estimate of drug-likeness (QED) is 0.837. The molecule has 2 heterocycles. The maximum atomic E-state index is 11.7. The van der Waals surface area contributed by atoms with Crippen molar-refractivity contribution < 1.29 is 14.3 Å². The second-order valence-electron chi connectivity index (χ2n) is 4.46. The predicted molar refractivity (Wildman–Crippen MR) is 72.1 cm³/mol. The first-order valence-electron chi connectivity index (χ1n) is 6.22. The lowest BCUT2D eigenvalue weighted by Gasteiger charge is -2.10. The molecule has 6 heteroatoms. The number of furan rings is 1. The lowest BCUT2D eigenvalue weighted by Crippen LogP contribution is -2.34. The standard InChI is InChI=1S/C14H16N2O4/c1-10-4-2-6-16(14(10)19)9-13(18)15-8-11(17)12-5-3-7-20-12/h2-7,11,17H,8-9H2,1H3,(H,15,18). The number of pyridine rings is 1. The third kappa shape index (κ3) is 3.36. The van der Waals surface area contributed by atoms with Gasteiger partial charge in [0.05, 0.1) is 12.8 Å². The highest BCUT2D eigenvalue weighted by atomic mass is 16.4. The van der Waals surface area contributed by atoms with E-state index in [9.17, 15) is 14.7 Å². The Morgan fingerprint density at radius 2 is 2.25 bits per heavy atom. The van der Waals surface area contributed by atoms with Crippen LogP contribution in [0.3, 0.4) is 0 Å². The molecule has 0 saturated heterocycles. The molecule has 0 saturated carbocycles. The van der Waals surface area contributed by atoms with Crippen molar-refractivity contribution in [3.8, 4) is 0 Å². The van der Waals surface area contributed by atoms with Crippen LogP contribution in [0.15, 0.2) is 45.9 Å². The fourth-order valence-corrected chi connectivity index (χ4v) is 1.78. The fraction of sp³-hybridized carbons (Fsp3) is 0.286. The van der Waals surface area contributed by atoms with E-state index in [0.717, 1.165) is 0 Å². The number of hydrogen-bond acceptors (Lipinski definition) is 4. The summed E-state index contributed by atoms with van der Waals surface area (Å²) in [6.45, 7) is 1.65. The van der Waals surface area contributed by atoms with Crippen molar-refractivity contribution in [2.75, 3.05) is 6.54 Å². The van der Waals surface area contributed by atoms with Gasteiger partial charge in [0.15, 0.2) is 0 Å². The number of rotatable bonds is 5. The molecule has 2 rings (SSSR count). The molecule has 1 unspecified atom stereocenters. The zero-order valence-electron chi connectivity index (χ0n) is 11.1. The lowest BCUT2D eigenvalue weighted by atomic mass is 10.2. The summed E-state index contributed by atoms with van der Waals surface area (Å²) in [4.78, 5) is 23.5. The van der Waals surface area contributed by atoms with Crippen molar-refractivity contribution in [2.45, 2.75) is 19.6 Å². The Balaban J connectivity index is 1.90. The number of hydrogen-bond donors (Lipinski definition) is 2. The first kappa shape index (κ1) is 14.1. The monoisotopic (exact) mass is 276 g/mol. The minimum Gasteiger partial charge on any atom is -0.467 e. The van der Waals surface area contributed by atoms with E-state index in [1.54, 1.807) is 37.4 Å². The molecule has 20 heavy (non-hydrogen) atoms. The van der Waals surface area contributed by atoms with Crippen LogP contribution in [-0.2, 0) is 11.3 Å². The Hall–Kier alpha value is -2.34. The number of aromatic nitrogens is 1. The molecule has 0 aromatic carbocycles. The minimum atomic E-state index is -0.900. The van der Waals surface area contributed by atoms with Crippen molar-refractivity contribution in [3.05, 3.63) is 58.4 Å². The highest BCUT2D eigenvalue weighted by molar-refractivity contribution is 5.75. The average Bonchev–Trinajstić information content (AvgIpc) is 2.95. The van der Waals surface area contributed by atoms with Crippen molar-refractivity contribution in [1.82, 2.24) is 9.88 Å². The zero-order valence-corrected chi connectivity index (χ0v) is 11.1. The van der Waals surface area contributed by atoms with Crippen LogP contribution in [-0.4, -0.2) is 22.1 Å². The topological polar surface area (TPSA) is 84.5 Å². The molecule has 2 aromatic rings. The van der Waals surface area contributed by atoms with Gasteiger partial charge in [-0.25, -0.2) is 0 Å².